The van der Waals surface area contributed by atoms with Crippen LogP contribution in [0.25, 0.3) is 11.3 Å². The Morgan fingerprint density at radius 1 is 1.12 bits per heavy atom. The fraction of sp³-hybridized carbons (Fsp3) is 0.0833. The minimum absolute atomic E-state index is 0.262. The lowest BCUT2D eigenvalue weighted by Gasteiger charge is -2.08. The van der Waals surface area contributed by atoms with Crippen LogP contribution in [-0.2, 0) is 0 Å². The van der Waals surface area contributed by atoms with Crippen molar-refractivity contribution in [2.45, 2.75) is 0 Å². The van der Waals surface area contributed by atoms with Crippen molar-refractivity contribution in [2.24, 2.45) is 0 Å². The summed E-state index contributed by atoms with van der Waals surface area (Å²) in [5, 5.41) is 0. The van der Waals surface area contributed by atoms with Crippen molar-refractivity contribution in [2.75, 3.05) is 7.11 Å². The molecule has 4 heteroatoms. The molecule has 1 heterocycles. The van der Waals surface area contributed by atoms with Gasteiger partial charge in [-0.1, -0.05) is 6.07 Å². The van der Waals surface area contributed by atoms with Crippen LogP contribution in [0.4, 0.5) is 8.78 Å². The van der Waals surface area contributed by atoms with E-state index in [1.165, 1.54) is 7.11 Å². The molecule has 0 unspecified atom stereocenters. The molecule has 0 radical (unpaired) electrons. The lowest BCUT2D eigenvalue weighted by Crippen LogP contribution is -1.93. The highest BCUT2D eigenvalue weighted by Crippen LogP contribution is 2.30. The topological polar surface area (TPSA) is 22.1 Å². The molecule has 0 saturated carbocycles. The zero-order valence-corrected chi connectivity index (χ0v) is 8.58. The first-order chi connectivity index (χ1) is 7.72. The van der Waals surface area contributed by atoms with Crippen molar-refractivity contribution in [1.29, 1.82) is 0 Å². The normalized spacial score (nSPS) is 10.2. The van der Waals surface area contributed by atoms with Crippen molar-refractivity contribution in [3.63, 3.8) is 0 Å². The van der Waals surface area contributed by atoms with E-state index in [9.17, 15) is 8.78 Å². The van der Waals surface area contributed by atoms with E-state index in [-0.39, 0.29) is 5.75 Å². The summed E-state index contributed by atoms with van der Waals surface area (Å²) < 4.78 is 31.1. The fourth-order valence-corrected chi connectivity index (χ4v) is 1.42. The van der Waals surface area contributed by atoms with Gasteiger partial charge in [-0.2, -0.15) is 0 Å². The van der Waals surface area contributed by atoms with Gasteiger partial charge in [0.25, 0.3) is 0 Å². The van der Waals surface area contributed by atoms with E-state index >= 15 is 0 Å². The van der Waals surface area contributed by atoms with Gasteiger partial charge in [0.1, 0.15) is 5.75 Å². The third-order valence-corrected chi connectivity index (χ3v) is 2.18. The molecule has 2 rings (SSSR count). The predicted octanol–water partition coefficient (Wildman–Crippen LogP) is 3.04. The SMILES string of the molecule is COc1cc(F)c(F)cc1-c1ccccn1. The van der Waals surface area contributed by atoms with Crippen LogP contribution >= 0.6 is 0 Å². The molecule has 0 aliphatic rings. The third-order valence-electron chi connectivity index (χ3n) is 2.18. The predicted molar refractivity (Wildman–Crippen MR) is 56.1 cm³/mol. The highest BCUT2D eigenvalue weighted by Gasteiger charge is 2.12. The Kier molecular flexibility index (Phi) is 2.81. The molecule has 16 heavy (non-hydrogen) atoms. The molecule has 0 spiro atoms. The minimum Gasteiger partial charge on any atom is -0.496 e. The summed E-state index contributed by atoms with van der Waals surface area (Å²) in [6.07, 6.45) is 1.58. The van der Waals surface area contributed by atoms with Crippen LogP contribution in [0.3, 0.4) is 0 Å². The largest absolute Gasteiger partial charge is 0.496 e. The van der Waals surface area contributed by atoms with Crippen LogP contribution in [0.2, 0.25) is 0 Å². The van der Waals surface area contributed by atoms with Gasteiger partial charge in [0.15, 0.2) is 11.6 Å². The lowest BCUT2D eigenvalue weighted by molar-refractivity contribution is 0.408. The van der Waals surface area contributed by atoms with E-state index in [0.717, 1.165) is 12.1 Å². The first-order valence-electron chi connectivity index (χ1n) is 4.67. The molecule has 0 saturated heterocycles. The van der Waals surface area contributed by atoms with E-state index in [2.05, 4.69) is 4.98 Å². The molecule has 0 aliphatic heterocycles. The third kappa shape index (κ3) is 1.86. The second-order valence-corrected chi connectivity index (χ2v) is 3.18. The van der Waals surface area contributed by atoms with Crippen LogP contribution in [0.5, 0.6) is 5.75 Å². The van der Waals surface area contributed by atoms with Crippen molar-refractivity contribution >= 4 is 0 Å². The highest BCUT2D eigenvalue weighted by atomic mass is 19.2. The van der Waals surface area contributed by atoms with Gasteiger partial charge in [-0.25, -0.2) is 8.78 Å². The zero-order valence-electron chi connectivity index (χ0n) is 8.58. The minimum atomic E-state index is -0.934. The zero-order chi connectivity index (χ0) is 11.5. The highest BCUT2D eigenvalue weighted by molar-refractivity contribution is 5.67. The second-order valence-electron chi connectivity index (χ2n) is 3.18. The molecule has 0 fully saturated rings. The molecule has 0 amide bonds. The van der Waals surface area contributed by atoms with Crippen molar-refractivity contribution in [3.8, 4) is 17.0 Å². The number of ether oxygens (including phenoxy) is 1. The van der Waals surface area contributed by atoms with Gasteiger partial charge in [0.2, 0.25) is 0 Å². The van der Waals surface area contributed by atoms with E-state index in [0.29, 0.717) is 11.3 Å². The van der Waals surface area contributed by atoms with Gasteiger partial charge in [-0.15, -0.1) is 0 Å². The van der Waals surface area contributed by atoms with Gasteiger partial charge in [-0.3, -0.25) is 4.98 Å². The fourth-order valence-electron chi connectivity index (χ4n) is 1.42. The summed E-state index contributed by atoms with van der Waals surface area (Å²) >= 11 is 0. The molecule has 1 aromatic carbocycles. The van der Waals surface area contributed by atoms with Crippen LogP contribution in [-0.4, -0.2) is 12.1 Å². The van der Waals surface area contributed by atoms with Gasteiger partial charge in [-0.05, 0) is 18.2 Å². The Labute approximate surface area is 91.5 Å². The Morgan fingerprint density at radius 2 is 1.88 bits per heavy atom. The lowest BCUT2D eigenvalue weighted by atomic mass is 10.1. The molecule has 0 atom stereocenters. The number of halogens is 2. The quantitative estimate of drug-likeness (QED) is 0.777. The number of methoxy groups -OCH3 is 1. The van der Waals surface area contributed by atoms with Crippen molar-refractivity contribution in [3.05, 3.63) is 48.2 Å². The number of rotatable bonds is 2. The Hall–Kier alpha value is -1.97. The van der Waals surface area contributed by atoms with Gasteiger partial charge in [0.05, 0.1) is 12.8 Å². The summed E-state index contributed by atoms with van der Waals surface area (Å²) in [6.45, 7) is 0. The monoisotopic (exact) mass is 221 g/mol. The number of hydrogen-bond donors (Lipinski definition) is 0. The van der Waals surface area contributed by atoms with E-state index in [1.807, 2.05) is 0 Å². The molecular formula is C12H9F2NO. The summed E-state index contributed by atoms with van der Waals surface area (Å²) in [5.74, 6) is -1.59. The summed E-state index contributed by atoms with van der Waals surface area (Å²) in [6, 6.07) is 7.31. The van der Waals surface area contributed by atoms with Gasteiger partial charge < -0.3 is 4.74 Å². The number of benzene rings is 1. The van der Waals surface area contributed by atoms with E-state index < -0.39 is 11.6 Å². The summed E-state index contributed by atoms with van der Waals surface area (Å²) in [4.78, 5) is 4.06. The Balaban J connectivity index is 2.60. The average molecular weight is 221 g/mol. The Morgan fingerprint density at radius 3 is 2.50 bits per heavy atom. The van der Waals surface area contributed by atoms with Crippen LogP contribution in [0.15, 0.2) is 36.5 Å². The number of pyridine rings is 1. The summed E-state index contributed by atoms with van der Waals surface area (Å²) in [5.41, 5.74) is 0.972. The van der Waals surface area contributed by atoms with Crippen molar-refractivity contribution in [1.82, 2.24) is 4.98 Å². The van der Waals surface area contributed by atoms with Gasteiger partial charge >= 0.3 is 0 Å². The first-order valence-corrected chi connectivity index (χ1v) is 4.67. The average Bonchev–Trinajstić information content (AvgIpc) is 2.33. The number of aromatic nitrogens is 1. The van der Waals surface area contributed by atoms with E-state index in [1.54, 1.807) is 24.4 Å². The summed E-state index contributed by atoms with van der Waals surface area (Å²) in [7, 11) is 1.40. The molecule has 0 N–H and O–H groups in total. The van der Waals surface area contributed by atoms with Crippen LogP contribution in [0.1, 0.15) is 0 Å². The first kappa shape index (κ1) is 10.5. The molecule has 1 aromatic heterocycles. The standard InChI is InChI=1S/C12H9F2NO/c1-16-12-7-10(14)9(13)6-8(12)11-4-2-3-5-15-11/h2-7H,1H3. The number of nitrogens with zero attached hydrogens (tertiary/aromatic N) is 1. The number of hydrogen-bond acceptors (Lipinski definition) is 2. The maximum absolute atomic E-state index is 13.1. The molecule has 2 nitrogen and oxygen atoms in total. The van der Waals surface area contributed by atoms with E-state index in [4.69, 9.17) is 4.74 Å². The Bertz CT molecular complexity index is 500. The van der Waals surface area contributed by atoms with Crippen molar-refractivity contribution < 1.29 is 13.5 Å². The molecule has 2 aromatic rings. The second kappa shape index (κ2) is 4.26. The van der Waals surface area contributed by atoms with Crippen LogP contribution < -0.4 is 4.74 Å². The maximum atomic E-state index is 13.1. The maximum Gasteiger partial charge on any atom is 0.162 e. The van der Waals surface area contributed by atoms with Crippen LogP contribution in [0, 0.1) is 11.6 Å². The smallest absolute Gasteiger partial charge is 0.162 e. The molecule has 0 bridgehead atoms. The molecule has 0 aliphatic carbocycles. The molecular weight excluding hydrogens is 212 g/mol. The molecule has 82 valence electrons. The van der Waals surface area contributed by atoms with Gasteiger partial charge in [0, 0.05) is 17.8 Å².